The summed E-state index contributed by atoms with van der Waals surface area (Å²) in [4.78, 5) is 15.1. The number of nitrogens with one attached hydrogen (secondary N) is 1. The van der Waals surface area contributed by atoms with Crippen LogP contribution in [0.1, 0.15) is 39.9 Å². The van der Waals surface area contributed by atoms with E-state index in [1.165, 1.54) is 30.4 Å². The summed E-state index contributed by atoms with van der Waals surface area (Å²) in [6.45, 7) is 3.92. The van der Waals surface area contributed by atoms with Gasteiger partial charge in [-0.3, -0.25) is 9.69 Å². The lowest BCUT2D eigenvalue weighted by molar-refractivity contribution is 0.0950. The Morgan fingerprint density at radius 1 is 0.848 bits per heavy atom. The van der Waals surface area contributed by atoms with Crippen LogP contribution in [-0.2, 0) is 19.5 Å². The molecule has 0 saturated carbocycles. The zero-order valence-electron chi connectivity index (χ0n) is 18.8. The Bertz CT molecular complexity index is 1070. The molecule has 3 aromatic rings. The minimum Gasteiger partial charge on any atom is -0.454 e. The molecular weight excluding hydrogens is 412 g/mol. The van der Waals surface area contributed by atoms with Gasteiger partial charge in [-0.15, -0.1) is 0 Å². The number of fused-ring (bicyclic) bond motifs is 1. The van der Waals surface area contributed by atoms with Gasteiger partial charge in [-0.25, -0.2) is 0 Å². The Morgan fingerprint density at radius 3 is 2.36 bits per heavy atom. The van der Waals surface area contributed by atoms with E-state index >= 15 is 0 Å². The molecule has 1 fully saturated rings. The topological polar surface area (TPSA) is 50.8 Å². The molecule has 0 bridgehead atoms. The van der Waals surface area contributed by atoms with Gasteiger partial charge in [-0.1, -0.05) is 48.5 Å². The third-order valence-electron chi connectivity index (χ3n) is 6.59. The second-order valence-electron chi connectivity index (χ2n) is 8.98. The Kier molecular flexibility index (Phi) is 6.58. The molecule has 1 N–H and O–H groups in total. The highest BCUT2D eigenvalue weighted by Gasteiger charge is 2.20. The maximum Gasteiger partial charge on any atom is 0.251 e. The van der Waals surface area contributed by atoms with E-state index in [4.69, 9.17) is 9.47 Å². The number of amides is 1. The highest BCUT2D eigenvalue weighted by atomic mass is 16.7. The van der Waals surface area contributed by atoms with Crippen molar-refractivity contribution in [2.24, 2.45) is 5.92 Å². The summed E-state index contributed by atoms with van der Waals surface area (Å²) in [6.07, 6.45) is 3.68. The molecule has 1 saturated heterocycles. The van der Waals surface area contributed by atoms with Crippen LogP contribution in [0.25, 0.3) is 0 Å². The van der Waals surface area contributed by atoms with Crippen LogP contribution in [0.4, 0.5) is 0 Å². The molecule has 2 aliphatic rings. The van der Waals surface area contributed by atoms with Crippen molar-refractivity contribution in [3.8, 4) is 11.5 Å². The Hall–Kier alpha value is -3.31. The molecular formula is C28H30N2O3. The third-order valence-corrected chi connectivity index (χ3v) is 6.59. The summed E-state index contributed by atoms with van der Waals surface area (Å²) in [5, 5.41) is 2.99. The second-order valence-corrected chi connectivity index (χ2v) is 8.98. The molecule has 5 rings (SSSR count). The van der Waals surface area contributed by atoms with Crippen molar-refractivity contribution in [3.63, 3.8) is 0 Å². The number of carbonyl (C=O) groups excluding carboxylic acids is 1. The minimum absolute atomic E-state index is 0.0686. The predicted octanol–water partition coefficient (Wildman–Crippen LogP) is 4.80. The highest BCUT2D eigenvalue weighted by Crippen LogP contribution is 2.32. The first-order valence-corrected chi connectivity index (χ1v) is 11.7. The van der Waals surface area contributed by atoms with Crippen LogP contribution in [0.2, 0.25) is 0 Å². The summed E-state index contributed by atoms with van der Waals surface area (Å²) in [6, 6.07) is 24.5. The van der Waals surface area contributed by atoms with Gasteiger partial charge in [0.05, 0.1) is 0 Å². The number of piperidine rings is 1. The van der Waals surface area contributed by atoms with Crippen LogP contribution < -0.4 is 14.8 Å². The Balaban J connectivity index is 1.08. The van der Waals surface area contributed by atoms with Gasteiger partial charge in [0, 0.05) is 18.7 Å². The van der Waals surface area contributed by atoms with Crippen molar-refractivity contribution in [1.29, 1.82) is 0 Å². The molecule has 0 unspecified atom stereocenters. The average molecular weight is 443 g/mol. The molecule has 0 atom stereocenters. The Morgan fingerprint density at radius 2 is 1.58 bits per heavy atom. The maximum atomic E-state index is 12.6. The molecule has 0 spiro atoms. The quantitative estimate of drug-likeness (QED) is 0.571. The lowest BCUT2D eigenvalue weighted by Gasteiger charge is -2.32. The largest absolute Gasteiger partial charge is 0.454 e. The van der Waals surface area contributed by atoms with Gasteiger partial charge in [0.15, 0.2) is 11.5 Å². The van der Waals surface area contributed by atoms with Crippen molar-refractivity contribution >= 4 is 5.91 Å². The van der Waals surface area contributed by atoms with Crippen LogP contribution in [0.3, 0.4) is 0 Å². The molecule has 0 aromatic heterocycles. The number of hydrogen-bond acceptors (Lipinski definition) is 4. The monoisotopic (exact) mass is 442 g/mol. The van der Waals surface area contributed by atoms with Gasteiger partial charge in [-0.05, 0) is 79.2 Å². The lowest BCUT2D eigenvalue weighted by Crippen LogP contribution is -2.33. The van der Waals surface area contributed by atoms with E-state index in [0.717, 1.165) is 42.6 Å². The van der Waals surface area contributed by atoms with Crippen molar-refractivity contribution in [2.75, 3.05) is 19.9 Å². The fraction of sp³-hybridized carbons (Fsp3) is 0.321. The highest BCUT2D eigenvalue weighted by molar-refractivity contribution is 5.94. The van der Waals surface area contributed by atoms with Gasteiger partial charge < -0.3 is 14.8 Å². The van der Waals surface area contributed by atoms with Crippen LogP contribution in [0.5, 0.6) is 11.5 Å². The van der Waals surface area contributed by atoms with Crippen LogP contribution in [0, 0.1) is 5.92 Å². The smallest absolute Gasteiger partial charge is 0.251 e. The average Bonchev–Trinajstić information content (AvgIpc) is 3.33. The number of likely N-dealkylation sites (tertiary alicyclic amines) is 1. The molecule has 5 nitrogen and oxygen atoms in total. The fourth-order valence-corrected chi connectivity index (χ4v) is 4.65. The van der Waals surface area contributed by atoms with Crippen molar-refractivity contribution in [2.45, 2.75) is 32.4 Å². The second kappa shape index (κ2) is 10.1. The number of hydrogen-bond donors (Lipinski definition) is 1. The Labute approximate surface area is 195 Å². The number of ether oxygens (including phenoxy) is 2. The van der Waals surface area contributed by atoms with E-state index in [2.05, 4.69) is 52.7 Å². The van der Waals surface area contributed by atoms with E-state index in [9.17, 15) is 4.79 Å². The maximum absolute atomic E-state index is 12.6. The standard InChI is InChI=1S/C28H30N2O3/c31-28(29-18-24-8-11-26-27(17-24)33-20-32-26)25-9-6-23(7-10-25)19-30-14-12-22(13-15-30)16-21-4-2-1-3-5-21/h1-11,17,22H,12-16,18-20H2,(H,29,31). The number of benzene rings is 3. The van der Waals surface area contributed by atoms with Gasteiger partial charge in [0.1, 0.15) is 0 Å². The van der Waals surface area contributed by atoms with Crippen molar-refractivity contribution < 1.29 is 14.3 Å². The molecule has 2 heterocycles. The van der Waals surface area contributed by atoms with Crippen molar-refractivity contribution in [3.05, 3.63) is 95.1 Å². The summed E-state index contributed by atoms with van der Waals surface area (Å²) in [5.41, 5.74) is 4.37. The van der Waals surface area contributed by atoms with Crippen LogP contribution in [-0.4, -0.2) is 30.7 Å². The molecule has 0 radical (unpaired) electrons. The SMILES string of the molecule is O=C(NCc1ccc2c(c1)OCO2)c1ccc(CN2CCC(Cc3ccccc3)CC2)cc1. The van der Waals surface area contributed by atoms with E-state index < -0.39 is 0 Å². The van der Waals surface area contributed by atoms with Crippen molar-refractivity contribution in [1.82, 2.24) is 10.2 Å². The number of rotatable bonds is 7. The third kappa shape index (κ3) is 5.55. The van der Waals surface area contributed by atoms with E-state index in [-0.39, 0.29) is 12.7 Å². The molecule has 2 aliphatic heterocycles. The van der Waals surface area contributed by atoms with Crippen LogP contribution >= 0.6 is 0 Å². The molecule has 3 aromatic carbocycles. The molecule has 1 amide bonds. The lowest BCUT2D eigenvalue weighted by atomic mass is 9.90. The van der Waals surface area contributed by atoms with Crippen LogP contribution in [0.15, 0.2) is 72.8 Å². The summed E-state index contributed by atoms with van der Waals surface area (Å²) in [5.74, 6) is 2.19. The normalized spacial score (nSPS) is 16.0. The molecule has 5 heteroatoms. The number of carbonyl (C=O) groups is 1. The fourth-order valence-electron chi connectivity index (χ4n) is 4.65. The van der Waals surface area contributed by atoms with E-state index in [0.29, 0.717) is 12.1 Å². The van der Waals surface area contributed by atoms with E-state index in [1.807, 2.05) is 30.3 Å². The number of nitrogens with zero attached hydrogens (tertiary/aromatic N) is 1. The minimum atomic E-state index is -0.0686. The first-order valence-electron chi connectivity index (χ1n) is 11.7. The van der Waals surface area contributed by atoms with E-state index in [1.54, 1.807) is 0 Å². The van der Waals surface area contributed by atoms with Gasteiger partial charge in [0.25, 0.3) is 5.91 Å². The molecule has 170 valence electrons. The summed E-state index contributed by atoms with van der Waals surface area (Å²) < 4.78 is 10.7. The van der Waals surface area contributed by atoms with Gasteiger partial charge in [0.2, 0.25) is 6.79 Å². The summed E-state index contributed by atoms with van der Waals surface area (Å²) >= 11 is 0. The zero-order chi connectivity index (χ0) is 22.5. The molecule has 33 heavy (non-hydrogen) atoms. The predicted molar refractivity (Wildman–Crippen MR) is 128 cm³/mol. The first kappa shape index (κ1) is 21.5. The van der Waals surface area contributed by atoms with Gasteiger partial charge >= 0.3 is 0 Å². The first-order chi connectivity index (χ1) is 16.2. The van der Waals surface area contributed by atoms with Gasteiger partial charge in [-0.2, -0.15) is 0 Å². The summed E-state index contributed by atoms with van der Waals surface area (Å²) in [7, 11) is 0. The molecule has 0 aliphatic carbocycles. The zero-order valence-corrected chi connectivity index (χ0v) is 18.8.